The highest BCUT2D eigenvalue weighted by Gasteiger charge is 2.17. The maximum absolute atomic E-state index is 12.2. The number of para-hydroxylation sites is 1. The van der Waals surface area contributed by atoms with Crippen LogP contribution >= 0.6 is 0 Å². The highest BCUT2D eigenvalue weighted by molar-refractivity contribution is 5.96. The molecule has 1 aromatic carbocycles. The van der Waals surface area contributed by atoms with Crippen LogP contribution in [0, 0.1) is 0 Å². The van der Waals surface area contributed by atoms with E-state index in [1.54, 1.807) is 13.2 Å². The molecule has 1 aliphatic rings. The number of methoxy groups -OCH3 is 1. The van der Waals surface area contributed by atoms with E-state index in [4.69, 9.17) is 4.74 Å². The van der Waals surface area contributed by atoms with Crippen LogP contribution in [-0.4, -0.2) is 44.1 Å². The second-order valence-corrected chi connectivity index (χ2v) is 6.08. The fourth-order valence-corrected chi connectivity index (χ4v) is 3.16. The SMILES string of the molecule is COc1ccccc1C(=O)NCCCN(C)C1CCCCC1. The first-order chi connectivity index (χ1) is 10.7. The highest BCUT2D eigenvalue weighted by Crippen LogP contribution is 2.21. The molecule has 0 aromatic heterocycles. The van der Waals surface area contributed by atoms with Crippen LogP contribution in [-0.2, 0) is 0 Å². The van der Waals surface area contributed by atoms with Gasteiger partial charge in [0, 0.05) is 12.6 Å². The highest BCUT2D eigenvalue weighted by atomic mass is 16.5. The standard InChI is InChI=1S/C18H28N2O2/c1-20(15-9-4-3-5-10-15)14-8-13-19-18(21)16-11-6-7-12-17(16)22-2/h6-7,11-12,15H,3-5,8-10,13-14H2,1-2H3,(H,19,21). The van der Waals surface area contributed by atoms with Crippen molar-refractivity contribution in [3.05, 3.63) is 29.8 Å². The van der Waals surface area contributed by atoms with Gasteiger partial charge in [0.15, 0.2) is 0 Å². The largest absolute Gasteiger partial charge is 0.496 e. The molecule has 0 unspecified atom stereocenters. The molecule has 4 heteroatoms. The van der Waals surface area contributed by atoms with Gasteiger partial charge in [-0.1, -0.05) is 31.4 Å². The quantitative estimate of drug-likeness (QED) is 0.787. The van der Waals surface area contributed by atoms with E-state index in [1.807, 2.05) is 18.2 Å². The monoisotopic (exact) mass is 304 g/mol. The third kappa shape index (κ3) is 4.73. The fourth-order valence-electron chi connectivity index (χ4n) is 3.16. The molecule has 0 heterocycles. The molecule has 1 saturated carbocycles. The number of nitrogens with one attached hydrogen (secondary N) is 1. The summed E-state index contributed by atoms with van der Waals surface area (Å²) in [5, 5.41) is 2.99. The Morgan fingerprint density at radius 3 is 2.73 bits per heavy atom. The lowest BCUT2D eigenvalue weighted by atomic mass is 9.94. The summed E-state index contributed by atoms with van der Waals surface area (Å²) >= 11 is 0. The predicted octanol–water partition coefficient (Wildman–Crippen LogP) is 3.08. The first kappa shape index (κ1) is 16.8. The first-order valence-corrected chi connectivity index (χ1v) is 8.34. The second-order valence-electron chi connectivity index (χ2n) is 6.08. The van der Waals surface area contributed by atoms with Gasteiger partial charge < -0.3 is 15.0 Å². The van der Waals surface area contributed by atoms with E-state index in [1.165, 1.54) is 32.1 Å². The van der Waals surface area contributed by atoms with Crippen LogP contribution in [0.15, 0.2) is 24.3 Å². The summed E-state index contributed by atoms with van der Waals surface area (Å²) in [6.45, 7) is 1.74. The number of carbonyl (C=O) groups is 1. The average Bonchev–Trinajstić information content (AvgIpc) is 2.59. The summed E-state index contributed by atoms with van der Waals surface area (Å²) < 4.78 is 5.22. The average molecular weight is 304 g/mol. The number of carbonyl (C=O) groups excluding carboxylic acids is 1. The molecule has 1 amide bonds. The van der Waals surface area contributed by atoms with Crippen LogP contribution in [0.25, 0.3) is 0 Å². The van der Waals surface area contributed by atoms with Crippen molar-refractivity contribution < 1.29 is 9.53 Å². The van der Waals surface area contributed by atoms with E-state index < -0.39 is 0 Å². The Morgan fingerprint density at radius 2 is 2.00 bits per heavy atom. The predicted molar refractivity (Wildman–Crippen MR) is 89.4 cm³/mol. The van der Waals surface area contributed by atoms with Gasteiger partial charge in [-0.25, -0.2) is 0 Å². The minimum Gasteiger partial charge on any atom is -0.496 e. The molecule has 1 aromatic rings. The van der Waals surface area contributed by atoms with Gasteiger partial charge in [-0.3, -0.25) is 4.79 Å². The number of benzene rings is 1. The number of hydrogen-bond acceptors (Lipinski definition) is 3. The summed E-state index contributed by atoms with van der Waals surface area (Å²) in [5.74, 6) is 0.567. The van der Waals surface area contributed by atoms with Crippen molar-refractivity contribution in [2.24, 2.45) is 0 Å². The number of hydrogen-bond donors (Lipinski definition) is 1. The number of amides is 1. The molecule has 0 atom stereocenters. The van der Waals surface area contributed by atoms with Gasteiger partial charge in [0.25, 0.3) is 5.91 Å². The van der Waals surface area contributed by atoms with Crippen molar-refractivity contribution in [3.8, 4) is 5.75 Å². The molecular weight excluding hydrogens is 276 g/mol. The summed E-state index contributed by atoms with van der Waals surface area (Å²) in [5.41, 5.74) is 0.602. The lowest BCUT2D eigenvalue weighted by Crippen LogP contribution is -2.35. The van der Waals surface area contributed by atoms with E-state index in [9.17, 15) is 4.79 Å². The number of nitrogens with zero attached hydrogens (tertiary/aromatic N) is 1. The van der Waals surface area contributed by atoms with Gasteiger partial charge in [0.2, 0.25) is 0 Å². The molecule has 1 aliphatic carbocycles. The zero-order valence-corrected chi connectivity index (χ0v) is 13.8. The van der Waals surface area contributed by atoms with Gasteiger partial charge in [-0.05, 0) is 45.0 Å². The summed E-state index contributed by atoms with van der Waals surface area (Å²) in [7, 11) is 3.79. The molecule has 4 nitrogen and oxygen atoms in total. The van der Waals surface area contributed by atoms with Crippen LogP contribution in [0.3, 0.4) is 0 Å². The maximum Gasteiger partial charge on any atom is 0.255 e. The lowest BCUT2D eigenvalue weighted by molar-refractivity contribution is 0.0947. The van der Waals surface area contributed by atoms with E-state index in [2.05, 4.69) is 17.3 Å². The first-order valence-electron chi connectivity index (χ1n) is 8.34. The zero-order valence-electron chi connectivity index (χ0n) is 13.8. The van der Waals surface area contributed by atoms with E-state index in [-0.39, 0.29) is 5.91 Å². The summed E-state index contributed by atoms with van der Waals surface area (Å²) in [4.78, 5) is 14.6. The molecule has 122 valence electrons. The van der Waals surface area contributed by atoms with Crippen molar-refractivity contribution in [3.63, 3.8) is 0 Å². The van der Waals surface area contributed by atoms with Crippen molar-refractivity contribution in [2.75, 3.05) is 27.2 Å². The topological polar surface area (TPSA) is 41.6 Å². The minimum atomic E-state index is -0.0576. The molecular formula is C18H28N2O2. The lowest BCUT2D eigenvalue weighted by Gasteiger charge is -2.31. The molecule has 0 saturated heterocycles. The van der Waals surface area contributed by atoms with Crippen LogP contribution in [0.1, 0.15) is 48.9 Å². The molecule has 22 heavy (non-hydrogen) atoms. The van der Waals surface area contributed by atoms with Crippen molar-refractivity contribution >= 4 is 5.91 Å². The Labute approximate surface area is 133 Å². The normalized spacial score (nSPS) is 15.8. The smallest absolute Gasteiger partial charge is 0.255 e. The van der Waals surface area contributed by atoms with Crippen LogP contribution in [0.5, 0.6) is 5.75 Å². The molecule has 0 bridgehead atoms. The van der Waals surface area contributed by atoms with Crippen molar-refractivity contribution in [1.29, 1.82) is 0 Å². The van der Waals surface area contributed by atoms with E-state index in [0.717, 1.165) is 19.0 Å². The molecule has 0 aliphatic heterocycles. The Morgan fingerprint density at radius 1 is 1.27 bits per heavy atom. The third-order valence-corrected chi connectivity index (χ3v) is 4.52. The summed E-state index contributed by atoms with van der Waals surface area (Å²) in [6, 6.07) is 8.07. The van der Waals surface area contributed by atoms with Gasteiger partial charge in [-0.15, -0.1) is 0 Å². The van der Waals surface area contributed by atoms with E-state index in [0.29, 0.717) is 17.9 Å². The molecule has 0 spiro atoms. The Bertz CT molecular complexity index is 470. The summed E-state index contributed by atoms with van der Waals surface area (Å²) in [6.07, 6.45) is 7.74. The number of rotatable bonds is 7. The van der Waals surface area contributed by atoms with Gasteiger partial charge in [0.1, 0.15) is 5.75 Å². The zero-order chi connectivity index (χ0) is 15.8. The Kier molecular flexibility index (Phi) is 6.72. The Hall–Kier alpha value is -1.55. The van der Waals surface area contributed by atoms with Crippen LogP contribution < -0.4 is 10.1 Å². The number of ether oxygens (including phenoxy) is 1. The second kappa shape index (κ2) is 8.79. The minimum absolute atomic E-state index is 0.0576. The van der Waals surface area contributed by atoms with E-state index >= 15 is 0 Å². The van der Waals surface area contributed by atoms with Crippen molar-refractivity contribution in [2.45, 2.75) is 44.6 Å². The fraction of sp³-hybridized carbons (Fsp3) is 0.611. The van der Waals surface area contributed by atoms with Gasteiger partial charge >= 0.3 is 0 Å². The van der Waals surface area contributed by atoms with Gasteiger partial charge in [-0.2, -0.15) is 0 Å². The molecule has 0 radical (unpaired) electrons. The third-order valence-electron chi connectivity index (χ3n) is 4.52. The molecule has 2 rings (SSSR count). The van der Waals surface area contributed by atoms with Crippen LogP contribution in [0.4, 0.5) is 0 Å². The van der Waals surface area contributed by atoms with Crippen molar-refractivity contribution in [1.82, 2.24) is 10.2 Å². The maximum atomic E-state index is 12.2. The van der Waals surface area contributed by atoms with Gasteiger partial charge in [0.05, 0.1) is 12.7 Å². The Balaban J connectivity index is 1.70. The molecule has 1 N–H and O–H groups in total. The van der Waals surface area contributed by atoms with Crippen LogP contribution in [0.2, 0.25) is 0 Å². The molecule has 1 fully saturated rings.